The summed E-state index contributed by atoms with van der Waals surface area (Å²) in [6.45, 7) is 0.348. The van der Waals surface area contributed by atoms with E-state index in [4.69, 9.17) is 4.74 Å². The van der Waals surface area contributed by atoms with Crippen LogP contribution in [0.4, 0.5) is 4.39 Å². The lowest BCUT2D eigenvalue weighted by Gasteiger charge is -2.33. The number of alkyl halides is 1. The van der Waals surface area contributed by atoms with Crippen LogP contribution >= 0.6 is 0 Å². The standard InChI is InChI=1S/C11H19FO/c12-10-6-7-11(13-8-10)9-4-2-1-3-5-9/h9-11H,1-8H2/t10-,11-/m1/s1. The Kier molecular flexibility index (Phi) is 3.20. The van der Waals surface area contributed by atoms with E-state index in [0.717, 1.165) is 18.8 Å². The molecule has 76 valence electrons. The van der Waals surface area contributed by atoms with Gasteiger partial charge in [-0.1, -0.05) is 19.3 Å². The average Bonchev–Trinajstić information content (AvgIpc) is 2.20. The Balaban J connectivity index is 1.79. The first-order chi connectivity index (χ1) is 6.36. The summed E-state index contributed by atoms with van der Waals surface area (Å²) >= 11 is 0. The lowest BCUT2D eigenvalue weighted by molar-refractivity contribution is -0.0621. The third kappa shape index (κ3) is 2.43. The number of hydrogen-bond acceptors (Lipinski definition) is 1. The van der Waals surface area contributed by atoms with Crippen LogP contribution < -0.4 is 0 Å². The molecule has 0 N–H and O–H groups in total. The summed E-state index contributed by atoms with van der Waals surface area (Å²) in [5, 5.41) is 0. The molecule has 0 aromatic rings. The largest absolute Gasteiger partial charge is 0.375 e. The molecule has 0 radical (unpaired) electrons. The van der Waals surface area contributed by atoms with Gasteiger partial charge in [-0.3, -0.25) is 0 Å². The smallest absolute Gasteiger partial charge is 0.123 e. The molecule has 1 nitrogen and oxygen atoms in total. The quantitative estimate of drug-likeness (QED) is 0.611. The molecule has 2 heteroatoms. The SMILES string of the molecule is F[C@@H]1CC[C@H](C2CCCCC2)OC1. The van der Waals surface area contributed by atoms with E-state index in [9.17, 15) is 4.39 Å². The van der Waals surface area contributed by atoms with Crippen LogP contribution in [0.5, 0.6) is 0 Å². The van der Waals surface area contributed by atoms with Gasteiger partial charge >= 0.3 is 0 Å². The van der Waals surface area contributed by atoms with Gasteiger partial charge in [0.25, 0.3) is 0 Å². The van der Waals surface area contributed by atoms with Gasteiger partial charge in [0.05, 0.1) is 12.7 Å². The first-order valence-corrected chi connectivity index (χ1v) is 5.62. The summed E-state index contributed by atoms with van der Waals surface area (Å²) in [6, 6.07) is 0. The summed E-state index contributed by atoms with van der Waals surface area (Å²) in [7, 11) is 0. The Morgan fingerprint density at radius 3 is 2.31 bits per heavy atom. The highest BCUT2D eigenvalue weighted by Gasteiger charge is 2.28. The molecule has 1 saturated carbocycles. The van der Waals surface area contributed by atoms with Gasteiger partial charge in [-0.05, 0) is 31.6 Å². The normalized spacial score (nSPS) is 37.6. The van der Waals surface area contributed by atoms with Gasteiger partial charge in [0.2, 0.25) is 0 Å². The van der Waals surface area contributed by atoms with Gasteiger partial charge in [-0.2, -0.15) is 0 Å². The highest BCUT2D eigenvalue weighted by molar-refractivity contribution is 4.78. The molecular formula is C11H19FO. The maximum absolute atomic E-state index is 12.8. The van der Waals surface area contributed by atoms with E-state index in [1.54, 1.807) is 0 Å². The molecule has 13 heavy (non-hydrogen) atoms. The maximum Gasteiger partial charge on any atom is 0.123 e. The van der Waals surface area contributed by atoms with E-state index in [1.807, 2.05) is 0 Å². The first-order valence-electron chi connectivity index (χ1n) is 5.62. The predicted octanol–water partition coefficient (Wildman–Crippen LogP) is 3.08. The van der Waals surface area contributed by atoms with Crippen LogP contribution in [-0.4, -0.2) is 18.9 Å². The second-order valence-corrected chi connectivity index (χ2v) is 4.44. The van der Waals surface area contributed by atoms with E-state index in [-0.39, 0.29) is 0 Å². The van der Waals surface area contributed by atoms with E-state index in [0.29, 0.717) is 12.7 Å². The molecule has 0 aromatic heterocycles. The zero-order valence-electron chi connectivity index (χ0n) is 8.18. The van der Waals surface area contributed by atoms with Crippen molar-refractivity contribution in [3.63, 3.8) is 0 Å². The molecule has 2 aliphatic rings. The summed E-state index contributed by atoms with van der Waals surface area (Å²) in [6.07, 6.45) is 8.06. The Morgan fingerprint density at radius 1 is 0.923 bits per heavy atom. The van der Waals surface area contributed by atoms with Crippen LogP contribution in [0.1, 0.15) is 44.9 Å². The molecular weight excluding hydrogens is 167 g/mol. The van der Waals surface area contributed by atoms with Gasteiger partial charge in [0, 0.05) is 0 Å². The molecule has 0 aromatic carbocycles. The lowest BCUT2D eigenvalue weighted by Crippen LogP contribution is -2.33. The van der Waals surface area contributed by atoms with Crippen LogP contribution in [0.3, 0.4) is 0 Å². The van der Waals surface area contributed by atoms with E-state index in [1.165, 1.54) is 32.1 Å². The number of halogens is 1. The minimum atomic E-state index is -0.695. The average molecular weight is 186 g/mol. The summed E-state index contributed by atoms with van der Waals surface area (Å²) in [5.74, 6) is 0.737. The molecule has 2 atom stereocenters. The molecule has 0 unspecified atom stereocenters. The monoisotopic (exact) mass is 186 g/mol. The van der Waals surface area contributed by atoms with Gasteiger partial charge in [0.1, 0.15) is 6.17 Å². The van der Waals surface area contributed by atoms with Crippen molar-refractivity contribution in [2.45, 2.75) is 57.2 Å². The van der Waals surface area contributed by atoms with Gasteiger partial charge < -0.3 is 4.74 Å². The van der Waals surface area contributed by atoms with E-state index >= 15 is 0 Å². The predicted molar refractivity (Wildman–Crippen MR) is 50.4 cm³/mol. The molecule has 2 rings (SSSR count). The Bertz CT molecular complexity index is 146. The molecule has 1 aliphatic heterocycles. The van der Waals surface area contributed by atoms with E-state index < -0.39 is 6.17 Å². The van der Waals surface area contributed by atoms with Crippen LogP contribution in [0.25, 0.3) is 0 Å². The molecule has 0 amide bonds. The fourth-order valence-corrected chi connectivity index (χ4v) is 2.62. The lowest BCUT2D eigenvalue weighted by atomic mass is 9.83. The topological polar surface area (TPSA) is 9.23 Å². The number of ether oxygens (including phenoxy) is 1. The Hall–Kier alpha value is -0.110. The van der Waals surface area contributed by atoms with Crippen molar-refractivity contribution < 1.29 is 9.13 Å². The van der Waals surface area contributed by atoms with Crippen molar-refractivity contribution >= 4 is 0 Å². The van der Waals surface area contributed by atoms with Crippen LogP contribution in [0.15, 0.2) is 0 Å². The van der Waals surface area contributed by atoms with Crippen molar-refractivity contribution in [3.05, 3.63) is 0 Å². The van der Waals surface area contributed by atoms with Crippen LogP contribution in [0.2, 0.25) is 0 Å². The van der Waals surface area contributed by atoms with Crippen molar-refractivity contribution in [3.8, 4) is 0 Å². The van der Waals surface area contributed by atoms with Gasteiger partial charge in [-0.15, -0.1) is 0 Å². The molecule has 0 bridgehead atoms. The fraction of sp³-hybridized carbons (Fsp3) is 1.00. The molecule has 0 spiro atoms. The highest BCUT2D eigenvalue weighted by atomic mass is 19.1. The zero-order valence-corrected chi connectivity index (χ0v) is 8.18. The number of rotatable bonds is 1. The first kappa shape index (κ1) is 9.45. The third-order valence-electron chi connectivity index (χ3n) is 3.43. The maximum atomic E-state index is 12.8. The van der Waals surface area contributed by atoms with Crippen molar-refractivity contribution in [1.82, 2.24) is 0 Å². The van der Waals surface area contributed by atoms with Crippen LogP contribution in [-0.2, 0) is 4.74 Å². The second kappa shape index (κ2) is 4.41. The molecule has 2 fully saturated rings. The summed E-state index contributed by atoms with van der Waals surface area (Å²) < 4.78 is 18.4. The van der Waals surface area contributed by atoms with Crippen molar-refractivity contribution in [2.24, 2.45) is 5.92 Å². The molecule has 1 saturated heterocycles. The highest BCUT2D eigenvalue weighted by Crippen LogP contribution is 2.32. The fourth-order valence-electron chi connectivity index (χ4n) is 2.62. The Morgan fingerprint density at radius 2 is 1.69 bits per heavy atom. The van der Waals surface area contributed by atoms with Gasteiger partial charge in [-0.25, -0.2) is 4.39 Å². The minimum absolute atomic E-state index is 0.348. The minimum Gasteiger partial charge on any atom is -0.375 e. The second-order valence-electron chi connectivity index (χ2n) is 4.44. The Labute approximate surface area is 79.7 Å². The summed E-state index contributed by atoms with van der Waals surface area (Å²) in [4.78, 5) is 0. The van der Waals surface area contributed by atoms with Crippen molar-refractivity contribution in [2.75, 3.05) is 6.61 Å². The van der Waals surface area contributed by atoms with Crippen LogP contribution in [0, 0.1) is 5.92 Å². The summed E-state index contributed by atoms with van der Waals surface area (Å²) in [5.41, 5.74) is 0. The zero-order chi connectivity index (χ0) is 9.10. The van der Waals surface area contributed by atoms with E-state index in [2.05, 4.69) is 0 Å². The third-order valence-corrected chi connectivity index (χ3v) is 3.43. The molecule has 1 aliphatic carbocycles. The number of hydrogen-bond donors (Lipinski definition) is 0. The van der Waals surface area contributed by atoms with Gasteiger partial charge in [0.15, 0.2) is 0 Å². The van der Waals surface area contributed by atoms with Crippen molar-refractivity contribution in [1.29, 1.82) is 0 Å². The molecule has 1 heterocycles.